The predicted molar refractivity (Wildman–Crippen MR) is 65.4 cm³/mol. The number of hydrogen-bond acceptors (Lipinski definition) is 2. The van der Waals surface area contributed by atoms with E-state index < -0.39 is 0 Å². The van der Waals surface area contributed by atoms with Gasteiger partial charge in [0.2, 0.25) is 0 Å². The van der Waals surface area contributed by atoms with Crippen molar-refractivity contribution in [1.82, 2.24) is 4.98 Å². The molecule has 2 aromatic rings. The molecular weight excluding hydrogens is 222 g/mol. The Balaban J connectivity index is 2.48. The van der Waals surface area contributed by atoms with E-state index in [1.165, 1.54) is 0 Å². The zero-order valence-electron chi connectivity index (χ0n) is 8.98. The molecule has 0 aliphatic carbocycles. The molecular formula is C13H12ClNO. The predicted octanol–water partition coefficient (Wildman–Crippen LogP) is 3.55. The van der Waals surface area contributed by atoms with Crippen molar-refractivity contribution in [3.63, 3.8) is 0 Å². The summed E-state index contributed by atoms with van der Waals surface area (Å²) in [6.45, 7) is 0.554. The topological polar surface area (TPSA) is 22.1 Å². The minimum Gasteiger partial charge on any atom is -0.380 e. The quantitative estimate of drug-likeness (QED) is 0.809. The lowest BCUT2D eigenvalue weighted by molar-refractivity contribution is 0.185. The van der Waals surface area contributed by atoms with Crippen molar-refractivity contribution in [2.24, 2.45) is 0 Å². The zero-order valence-corrected chi connectivity index (χ0v) is 9.74. The van der Waals surface area contributed by atoms with E-state index in [9.17, 15) is 0 Å². The van der Waals surface area contributed by atoms with E-state index in [1.54, 1.807) is 19.5 Å². The fraction of sp³-hybridized carbons (Fsp3) is 0.154. The van der Waals surface area contributed by atoms with Crippen LogP contribution in [0.4, 0.5) is 0 Å². The van der Waals surface area contributed by atoms with Crippen LogP contribution in [-0.4, -0.2) is 12.1 Å². The fourth-order valence-corrected chi connectivity index (χ4v) is 1.85. The Bertz CT molecular complexity index is 471. The SMILES string of the molecule is COCc1cc(Cl)ccc1-c1ccncc1. The number of ether oxygens (including phenoxy) is 1. The van der Waals surface area contributed by atoms with Crippen molar-refractivity contribution in [2.45, 2.75) is 6.61 Å². The van der Waals surface area contributed by atoms with Crippen molar-refractivity contribution >= 4 is 11.6 Å². The number of methoxy groups -OCH3 is 1. The molecule has 0 amide bonds. The lowest BCUT2D eigenvalue weighted by Gasteiger charge is -2.09. The van der Waals surface area contributed by atoms with E-state index in [0.29, 0.717) is 6.61 Å². The summed E-state index contributed by atoms with van der Waals surface area (Å²) in [4.78, 5) is 4.01. The van der Waals surface area contributed by atoms with E-state index >= 15 is 0 Å². The second-order valence-corrected chi connectivity index (χ2v) is 3.91. The van der Waals surface area contributed by atoms with Gasteiger partial charge in [-0.05, 0) is 41.0 Å². The van der Waals surface area contributed by atoms with Gasteiger partial charge >= 0.3 is 0 Å². The molecule has 1 heterocycles. The molecule has 2 nitrogen and oxygen atoms in total. The van der Waals surface area contributed by atoms with Crippen LogP contribution in [0.5, 0.6) is 0 Å². The first-order valence-corrected chi connectivity index (χ1v) is 5.37. The Hall–Kier alpha value is -1.38. The van der Waals surface area contributed by atoms with Crippen molar-refractivity contribution in [1.29, 1.82) is 0 Å². The highest BCUT2D eigenvalue weighted by atomic mass is 35.5. The highest BCUT2D eigenvalue weighted by Gasteiger charge is 2.05. The average Bonchev–Trinajstić information content (AvgIpc) is 2.31. The zero-order chi connectivity index (χ0) is 11.4. The summed E-state index contributed by atoms with van der Waals surface area (Å²) in [5, 5.41) is 0.727. The largest absolute Gasteiger partial charge is 0.380 e. The molecule has 1 aromatic heterocycles. The van der Waals surface area contributed by atoms with Crippen molar-refractivity contribution < 1.29 is 4.74 Å². The maximum atomic E-state index is 5.97. The summed E-state index contributed by atoms with van der Waals surface area (Å²) >= 11 is 5.97. The van der Waals surface area contributed by atoms with Gasteiger partial charge < -0.3 is 4.74 Å². The molecule has 0 bridgehead atoms. The molecule has 16 heavy (non-hydrogen) atoms. The summed E-state index contributed by atoms with van der Waals surface area (Å²) in [7, 11) is 1.68. The van der Waals surface area contributed by atoms with E-state index in [2.05, 4.69) is 4.98 Å². The van der Waals surface area contributed by atoms with Crippen LogP contribution < -0.4 is 0 Å². The molecule has 1 aromatic carbocycles. The smallest absolute Gasteiger partial charge is 0.0719 e. The van der Waals surface area contributed by atoms with E-state index in [-0.39, 0.29) is 0 Å². The molecule has 0 unspecified atom stereocenters. The van der Waals surface area contributed by atoms with Crippen LogP contribution in [0.15, 0.2) is 42.7 Å². The Morgan fingerprint density at radius 2 is 1.94 bits per heavy atom. The lowest BCUT2D eigenvalue weighted by Crippen LogP contribution is -1.92. The molecule has 0 saturated carbocycles. The molecule has 3 heteroatoms. The molecule has 82 valence electrons. The lowest BCUT2D eigenvalue weighted by atomic mass is 10.0. The minimum absolute atomic E-state index is 0.554. The first-order chi connectivity index (χ1) is 7.81. The number of hydrogen-bond donors (Lipinski definition) is 0. The third-order valence-corrected chi connectivity index (χ3v) is 2.59. The van der Waals surface area contributed by atoms with Gasteiger partial charge in [-0.25, -0.2) is 0 Å². The van der Waals surface area contributed by atoms with Crippen molar-refractivity contribution in [3.8, 4) is 11.1 Å². The standard InChI is InChI=1S/C13H12ClNO/c1-16-9-11-8-12(14)2-3-13(11)10-4-6-15-7-5-10/h2-8H,9H2,1H3. The van der Waals surface area contributed by atoms with E-state index in [0.717, 1.165) is 21.7 Å². The second-order valence-electron chi connectivity index (χ2n) is 3.47. The summed E-state index contributed by atoms with van der Waals surface area (Å²) in [6.07, 6.45) is 3.56. The molecule has 0 fully saturated rings. The number of halogens is 1. The van der Waals surface area contributed by atoms with Gasteiger partial charge in [0.05, 0.1) is 6.61 Å². The number of benzene rings is 1. The van der Waals surface area contributed by atoms with Crippen LogP contribution >= 0.6 is 11.6 Å². The first kappa shape index (κ1) is 11.1. The van der Waals surface area contributed by atoms with Crippen LogP contribution in [0.2, 0.25) is 5.02 Å². The Labute approximate surface area is 99.9 Å². The molecule has 0 saturated heterocycles. The third-order valence-electron chi connectivity index (χ3n) is 2.36. The number of rotatable bonds is 3. The monoisotopic (exact) mass is 233 g/mol. The molecule has 0 aliphatic heterocycles. The van der Waals surface area contributed by atoms with Crippen LogP contribution in [0.3, 0.4) is 0 Å². The molecule has 0 aliphatic rings. The summed E-state index contributed by atoms with van der Waals surface area (Å²) < 4.78 is 5.17. The van der Waals surface area contributed by atoms with Gasteiger partial charge in [-0.1, -0.05) is 17.7 Å². The van der Waals surface area contributed by atoms with Crippen LogP contribution in [0.25, 0.3) is 11.1 Å². The van der Waals surface area contributed by atoms with Gasteiger partial charge in [-0.2, -0.15) is 0 Å². The second kappa shape index (κ2) is 5.10. The molecule has 0 atom stereocenters. The van der Waals surface area contributed by atoms with Gasteiger partial charge in [-0.3, -0.25) is 4.98 Å². The average molecular weight is 234 g/mol. The maximum Gasteiger partial charge on any atom is 0.0719 e. The van der Waals surface area contributed by atoms with Gasteiger partial charge in [0, 0.05) is 24.5 Å². The molecule has 0 radical (unpaired) electrons. The summed E-state index contributed by atoms with van der Waals surface area (Å²) in [6, 6.07) is 9.77. The first-order valence-electron chi connectivity index (χ1n) is 4.99. The molecule has 2 rings (SSSR count). The third kappa shape index (κ3) is 2.40. The molecule has 0 spiro atoms. The van der Waals surface area contributed by atoms with E-state index in [4.69, 9.17) is 16.3 Å². The van der Waals surface area contributed by atoms with Crippen molar-refractivity contribution in [2.75, 3.05) is 7.11 Å². The van der Waals surface area contributed by atoms with Gasteiger partial charge in [0.1, 0.15) is 0 Å². The van der Waals surface area contributed by atoms with Gasteiger partial charge in [-0.15, -0.1) is 0 Å². The number of aromatic nitrogens is 1. The van der Waals surface area contributed by atoms with Crippen LogP contribution in [0.1, 0.15) is 5.56 Å². The maximum absolute atomic E-state index is 5.97. The van der Waals surface area contributed by atoms with Crippen LogP contribution in [-0.2, 0) is 11.3 Å². The number of nitrogens with zero attached hydrogens (tertiary/aromatic N) is 1. The Morgan fingerprint density at radius 3 is 2.62 bits per heavy atom. The number of pyridine rings is 1. The van der Waals surface area contributed by atoms with Gasteiger partial charge in [0.15, 0.2) is 0 Å². The summed E-state index contributed by atoms with van der Waals surface area (Å²) in [5.74, 6) is 0. The van der Waals surface area contributed by atoms with E-state index in [1.807, 2.05) is 30.3 Å². The van der Waals surface area contributed by atoms with Gasteiger partial charge in [0.25, 0.3) is 0 Å². The minimum atomic E-state index is 0.554. The Morgan fingerprint density at radius 1 is 1.19 bits per heavy atom. The highest BCUT2D eigenvalue weighted by Crippen LogP contribution is 2.26. The Kier molecular flexibility index (Phi) is 3.54. The molecule has 0 N–H and O–H groups in total. The fourth-order valence-electron chi connectivity index (χ4n) is 1.65. The van der Waals surface area contributed by atoms with Crippen LogP contribution in [0, 0.1) is 0 Å². The highest BCUT2D eigenvalue weighted by molar-refractivity contribution is 6.30. The summed E-state index contributed by atoms with van der Waals surface area (Å²) in [5.41, 5.74) is 3.34. The normalized spacial score (nSPS) is 10.4. The van der Waals surface area contributed by atoms with Crippen molar-refractivity contribution in [3.05, 3.63) is 53.3 Å².